The highest BCUT2D eigenvalue weighted by Gasteiger charge is 2.15. The van der Waals surface area contributed by atoms with E-state index in [1.807, 2.05) is 30.3 Å². The van der Waals surface area contributed by atoms with E-state index in [9.17, 15) is 9.59 Å². The fourth-order valence-electron chi connectivity index (χ4n) is 1.62. The first-order valence-electron chi connectivity index (χ1n) is 7.12. The van der Waals surface area contributed by atoms with Crippen LogP contribution >= 0.6 is 0 Å². The first-order chi connectivity index (χ1) is 9.99. The van der Waals surface area contributed by atoms with Gasteiger partial charge in [0.15, 0.2) is 0 Å². The van der Waals surface area contributed by atoms with Crippen LogP contribution in [0.4, 0.5) is 0 Å². The van der Waals surface area contributed by atoms with E-state index in [-0.39, 0.29) is 31.1 Å². The summed E-state index contributed by atoms with van der Waals surface area (Å²) in [5, 5.41) is 2.94. The molecule has 21 heavy (non-hydrogen) atoms. The molecule has 5 heteroatoms. The molecule has 0 aliphatic rings. The Balaban J connectivity index is 2.17. The van der Waals surface area contributed by atoms with Gasteiger partial charge in [-0.25, -0.2) is 0 Å². The van der Waals surface area contributed by atoms with E-state index in [1.165, 1.54) is 0 Å². The standard InChI is InChI=1S/C16H23NO4/c1-12(2)21-16(19)13(3)17-10-9-15(18)20-11-14-7-5-4-6-8-14/h4-8,12-13,17H,9-11H2,1-3H3. The second-order valence-corrected chi connectivity index (χ2v) is 5.06. The third-order valence-electron chi connectivity index (χ3n) is 2.73. The number of nitrogens with one attached hydrogen (secondary N) is 1. The zero-order valence-corrected chi connectivity index (χ0v) is 12.8. The number of rotatable bonds is 8. The van der Waals surface area contributed by atoms with Gasteiger partial charge in [0, 0.05) is 6.54 Å². The van der Waals surface area contributed by atoms with Crippen molar-refractivity contribution in [3.8, 4) is 0 Å². The molecule has 1 aromatic rings. The fourth-order valence-corrected chi connectivity index (χ4v) is 1.62. The lowest BCUT2D eigenvalue weighted by molar-refractivity contribution is -0.150. The smallest absolute Gasteiger partial charge is 0.323 e. The highest BCUT2D eigenvalue weighted by Crippen LogP contribution is 2.01. The van der Waals surface area contributed by atoms with Crippen molar-refractivity contribution in [2.45, 2.75) is 45.9 Å². The molecule has 5 nitrogen and oxygen atoms in total. The summed E-state index contributed by atoms with van der Waals surface area (Å²) >= 11 is 0. The van der Waals surface area contributed by atoms with E-state index in [0.29, 0.717) is 6.54 Å². The van der Waals surface area contributed by atoms with Crippen LogP contribution in [0.15, 0.2) is 30.3 Å². The topological polar surface area (TPSA) is 64.6 Å². The van der Waals surface area contributed by atoms with Crippen molar-refractivity contribution in [2.75, 3.05) is 6.54 Å². The van der Waals surface area contributed by atoms with Gasteiger partial charge in [-0.3, -0.25) is 9.59 Å². The van der Waals surface area contributed by atoms with Gasteiger partial charge in [0.05, 0.1) is 12.5 Å². The van der Waals surface area contributed by atoms with Crippen LogP contribution in [-0.4, -0.2) is 30.6 Å². The van der Waals surface area contributed by atoms with Crippen LogP contribution in [-0.2, 0) is 25.7 Å². The van der Waals surface area contributed by atoms with Crippen LogP contribution in [0.5, 0.6) is 0 Å². The summed E-state index contributed by atoms with van der Waals surface area (Å²) in [7, 11) is 0. The zero-order chi connectivity index (χ0) is 15.7. The number of carbonyl (C=O) groups is 2. The molecule has 0 radical (unpaired) electrons. The van der Waals surface area contributed by atoms with Crippen molar-refractivity contribution < 1.29 is 19.1 Å². The summed E-state index contributed by atoms with van der Waals surface area (Å²) in [6.45, 7) is 5.95. The van der Waals surface area contributed by atoms with E-state index in [2.05, 4.69) is 5.32 Å². The van der Waals surface area contributed by atoms with Crippen molar-refractivity contribution in [3.05, 3.63) is 35.9 Å². The lowest BCUT2D eigenvalue weighted by atomic mass is 10.2. The number of hydrogen-bond acceptors (Lipinski definition) is 5. The van der Waals surface area contributed by atoms with Gasteiger partial charge in [0.2, 0.25) is 0 Å². The molecule has 0 aliphatic heterocycles. The summed E-state index contributed by atoms with van der Waals surface area (Å²) in [4.78, 5) is 23.1. The van der Waals surface area contributed by atoms with Gasteiger partial charge in [-0.1, -0.05) is 30.3 Å². The average Bonchev–Trinajstić information content (AvgIpc) is 2.45. The Kier molecular flexibility index (Phi) is 7.46. The van der Waals surface area contributed by atoms with E-state index < -0.39 is 6.04 Å². The van der Waals surface area contributed by atoms with E-state index in [4.69, 9.17) is 9.47 Å². The summed E-state index contributed by atoms with van der Waals surface area (Å²) in [6, 6.07) is 9.06. The Bertz CT molecular complexity index is 445. The summed E-state index contributed by atoms with van der Waals surface area (Å²) in [5.74, 6) is -0.613. The van der Waals surface area contributed by atoms with Crippen LogP contribution in [0, 0.1) is 0 Å². The molecule has 1 rings (SSSR count). The monoisotopic (exact) mass is 293 g/mol. The quantitative estimate of drug-likeness (QED) is 0.743. The first-order valence-corrected chi connectivity index (χ1v) is 7.12. The molecule has 0 aliphatic carbocycles. The van der Waals surface area contributed by atoms with Crippen molar-refractivity contribution in [1.29, 1.82) is 0 Å². The molecular formula is C16H23NO4. The minimum absolute atomic E-state index is 0.141. The van der Waals surface area contributed by atoms with Gasteiger partial charge in [-0.15, -0.1) is 0 Å². The number of benzene rings is 1. The molecule has 0 saturated carbocycles. The lowest BCUT2D eigenvalue weighted by Gasteiger charge is -2.15. The van der Waals surface area contributed by atoms with Gasteiger partial charge in [-0.2, -0.15) is 0 Å². The first kappa shape index (κ1) is 17.2. The molecule has 1 aromatic carbocycles. The highest BCUT2D eigenvalue weighted by molar-refractivity contribution is 5.75. The van der Waals surface area contributed by atoms with Crippen LogP contribution in [0.2, 0.25) is 0 Å². The predicted octanol–water partition coefficient (Wildman–Crippen LogP) is 2.05. The molecule has 1 atom stereocenters. The van der Waals surface area contributed by atoms with E-state index >= 15 is 0 Å². The normalized spacial score (nSPS) is 12.0. The molecule has 0 bridgehead atoms. The Labute approximate surface area is 125 Å². The highest BCUT2D eigenvalue weighted by atomic mass is 16.5. The van der Waals surface area contributed by atoms with Gasteiger partial charge >= 0.3 is 11.9 Å². The molecule has 0 fully saturated rings. The summed E-state index contributed by atoms with van der Waals surface area (Å²) in [5.41, 5.74) is 0.952. The van der Waals surface area contributed by atoms with Crippen LogP contribution in [0.25, 0.3) is 0 Å². The van der Waals surface area contributed by atoms with Crippen LogP contribution in [0.1, 0.15) is 32.8 Å². The molecule has 116 valence electrons. The van der Waals surface area contributed by atoms with Gasteiger partial charge in [0.1, 0.15) is 12.6 Å². The molecule has 0 heterocycles. The maximum absolute atomic E-state index is 11.6. The van der Waals surface area contributed by atoms with E-state index in [0.717, 1.165) is 5.56 Å². The largest absolute Gasteiger partial charge is 0.462 e. The number of carbonyl (C=O) groups excluding carboxylic acids is 2. The minimum atomic E-state index is -0.436. The molecular weight excluding hydrogens is 270 g/mol. The Morgan fingerprint density at radius 3 is 2.43 bits per heavy atom. The average molecular weight is 293 g/mol. The zero-order valence-electron chi connectivity index (χ0n) is 12.8. The maximum atomic E-state index is 11.6. The van der Waals surface area contributed by atoms with Gasteiger partial charge in [-0.05, 0) is 26.3 Å². The molecule has 0 saturated heterocycles. The van der Waals surface area contributed by atoms with Crippen molar-refractivity contribution in [3.63, 3.8) is 0 Å². The molecule has 0 aromatic heterocycles. The Morgan fingerprint density at radius 2 is 1.81 bits per heavy atom. The van der Waals surface area contributed by atoms with E-state index in [1.54, 1.807) is 20.8 Å². The second-order valence-electron chi connectivity index (χ2n) is 5.06. The Hall–Kier alpha value is -1.88. The minimum Gasteiger partial charge on any atom is -0.462 e. The summed E-state index contributed by atoms with van der Waals surface area (Å²) in [6.07, 6.45) is 0.0733. The third kappa shape index (κ3) is 7.46. The van der Waals surface area contributed by atoms with Crippen molar-refractivity contribution in [2.24, 2.45) is 0 Å². The summed E-state index contributed by atoms with van der Waals surface area (Å²) < 4.78 is 10.2. The Morgan fingerprint density at radius 1 is 1.14 bits per heavy atom. The molecule has 1 N–H and O–H groups in total. The van der Waals surface area contributed by atoms with Gasteiger partial charge < -0.3 is 14.8 Å². The van der Waals surface area contributed by atoms with Crippen LogP contribution in [0.3, 0.4) is 0 Å². The molecule has 0 spiro atoms. The fraction of sp³-hybridized carbons (Fsp3) is 0.500. The lowest BCUT2D eigenvalue weighted by Crippen LogP contribution is -2.37. The maximum Gasteiger partial charge on any atom is 0.323 e. The molecule has 1 unspecified atom stereocenters. The number of hydrogen-bond donors (Lipinski definition) is 1. The predicted molar refractivity (Wildman–Crippen MR) is 79.5 cm³/mol. The number of ether oxygens (including phenoxy) is 2. The SMILES string of the molecule is CC(C)OC(=O)C(C)NCCC(=O)OCc1ccccc1. The molecule has 0 amide bonds. The van der Waals surface area contributed by atoms with Crippen LogP contribution < -0.4 is 5.32 Å². The van der Waals surface area contributed by atoms with Crippen molar-refractivity contribution in [1.82, 2.24) is 5.32 Å². The second kappa shape index (κ2) is 9.13. The van der Waals surface area contributed by atoms with Crippen molar-refractivity contribution >= 4 is 11.9 Å². The van der Waals surface area contributed by atoms with Gasteiger partial charge in [0.25, 0.3) is 0 Å². The number of esters is 2. The third-order valence-corrected chi connectivity index (χ3v) is 2.73.